The molecule has 1 atom stereocenters. The minimum absolute atomic E-state index is 0.131. The van der Waals surface area contributed by atoms with Crippen LogP contribution in [0.5, 0.6) is 0 Å². The number of hydrogen-bond acceptors (Lipinski definition) is 3. The lowest BCUT2D eigenvalue weighted by Crippen LogP contribution is -2.31. The predicted molar refractivity (Wildman–Crippen MR) is 81.0 cm³/mol. The fourth-order valence-corrected chi connectivity index (χ4v) is 1.94. The molecule has 4 nitrogen and oxygen atoms in total. The molecule has 5 heteroatoms. The van der Waals surface area contributed by atoms with E-state index in [0.717, 1.165) is 5.69 Å². The topological polar surface area (TPSA) is 49.8 Å². The van der Waals surface area contributed by atoms with Gasteiger partial charge in [0.15, 0.2) is 5.11 Å². The van der Waals surface area contributed by atoms with Crippen LogP contribution >= 0.6 is 12.2 Å². The lowest BCUT2D eigenvalue weighted by atomic mass is 10.1. The fraction of sp³-hybridized carbons (Fsp3) is 0.214. The monoisotopic (exact) mass is 272 g/mol. The first-order valence-corrected chi connectivity index (χ1v) is 6.48. The molecule has 0 spiro atoms. The zero-order chi connectivity index (χ0) is 13.7. The van der Waals surface area contributed by atoms with Gasteiger partial charge in [0.05, 0.1) is 6.04 Å². The molecular formula is C14H16N4S. The maximum absolute atomic E-state index is 5.25. The number of aryl methyl sites for hydroxylation is 1. The van der Waals surface area contributed by atoms with Crippen molar-refractivity contribution < 1.29 is 0 Å². The molecule has 0 unspecified atom stereocenters. The van der Waals surface area contributed by atoms with E-state index in [1.807, 2.05) is 31.2 Å². The Bertz CT molecular complexity index is 556. The Hall–Kier alpha value is -2.01. The van der Waals surface area contributed by atoms with Crippen molar-refractivity contribution in [2.75, 3.05) is 5.32 Å². The minimum Gasteiger partial charge on any atom is -0.356 e. The average molecular weight is 272 g/mol. The van der Waals surface area contributed by atoms with E-state index >= 15 is 0 Å². The Morgan fingerprint density at radius 1 is 1.21 bits per heavy atom. The summed E-state index contributed by atoms with van der Waals surface area (Å²) in [7, 11) is 0. The minimum atomic E-state index is 0.131. The molecule has 0 saturated carbocycles. The number of hydrogen-bond donors (Lipinski definition) is 2. The highest BCUT2D eigenvalue weighted by Gasteiger charge is 2.07. The highest BCUT2D eigenvalue weighted by Crippen LogP contribution is 2.11. The van der Waals surface area contributed by atoms with E-state index < -0.39 is 0 Å². The maximum atomic E-state index is 5.25. The molecule has 0 fully saturated rings. The summed E-state index contributed by atoms with van der Waals surface area (Å²) < 4.78 is 0. The van der Waals surface area contributed by atoms with Crippen LogP contribution in [0.3, 0.4) is 0 Å². The van der Waals surface area contributed by atoms with Crippen molar-refractivity contribution in [3.05, 3.63) is 53.9 Å². The van der Waals surface area contributed by atoms with E-state index in [9.17, 15) is 0 Å². The van der Waals surface area contributed by atoms with E-state index in [2.05, 4.69) is 39.7 Å². The molecule has 2 N–H and O–H groups in total. The van der Waals surface area contributed by atoms with Crippen molar-refractivity contribution in [1.82, 2.24) is 15.3 Å². The molecule has 2 aromatic rings. The molecule has 0 aliphatic heterocycles. The van der Waals surface area contributed by atoms with Gasteiger partial charge in [-0.3, -0.25) is 0 Å². The van der Waals surface area contributed by atoms with Crippen LogP contribution in [0.2, 0.25) is 0 Å². The number of nitrogens with one attached hydrogen (secondary N) is 2. The van der Waals surface area contributed by atoms with Crippen molar-refractivity contribution in [1.29, 1.82) is 0 Å². The van der Waals surface area contributed by atoms with Crippen molar-refractivity contribution in [3.8, 4) is 0 Å². The second-order valence-electron chi connectivity index (χ2n) is 4.25. The van der Waals surface area contributed by atoms with Gasteiger partial charge in [-0.2, -0.15) is 0 Å². The Morgan fingerprint density at radius 3 is 2.63 bits per heavy atom. The first-order valence-electron chi connectivity index (χ1n) is 6.07. The molecule has 0 radical (unpaired) electrons. The molecule has 0 saturated heterocycles. The third-order valence-corrected chi connectivity index (χ3v) is 2.89. The summed E-state index contributed by atoms with van der Waals surface area (Å²) in [6, 6.07) is 12.1. The molecule has 98 valence electrons. The largest absolute Gasteiger partial charge is 0.356 e. The smallest absolute Gasteiger partial charge is 0.229 e. The van der Waals surface area contributed by atoms with Crippen LogP contribution in [0.4, 0.5) is 5.95 Å². The Balaban J connectivity index is 1.95. The van der Waals surface area contributed by atoms with E-state index in [1.165, 1.54) is 5.56 Å². The summed E-state index contributed by atoms with van der Waals surface area (Å²) >= 11 is 5.25. The molecule has 1 aromatic heterocycles. The van der Waals surface area contributed by atoms with Gasteiger partial charge in [-0.05, 0) is 37.7 Å². The Kier molecular flexibility index (Phi) is 4.41. The van der Waals surface area contributed by atoms with Gasteiger partial charge < -0.3 is 10.6 Å². The van der Waals surface area contributed by atoms with Crippen molar-refractivity contribution >= 4 is 23.3 Å². The molecular weight excluding hydrogens is 256 g/mol. The summed E-state index contributed by atoms with van der Waals surface area (Å²) in [4.78, 5) is 8.35. The SMILES string of the molecule is Cc1ccnc(NC(=S)N[C@@H](C)c2ccccc2)n1. The second-order valence-corrected chi connectivity index (χ2v) is 4.66. The number of benzene rings is 1. The number of thiocarbonyl (C=S) groups is 1. The van der Waals surface area contributed by atoms with Crippen LogP contribution < -0.4 is 10.6 Å². The molecule has 2 rings (SSSR count). The number of aromatic nitrogens is 2. The predicted octanol–water partition coefficient (Wildman–Crippen LogP) is 2.83. The molecule has 1 heterocycles. The number of rotatable bonds is 3. The van der Waals surface area contributed by atoms with Crippen molar-refractivity contribution in [2.24, 2.45) is 0 Å². The molecule has 0 amide bonds. The Labute approximate surface area is 118 Å². The molecule has 0 aliphatic carbocycles. The summed E-state index contributed by atoms with van der Waals surface area (Å²) in [6.07, 6.45) is 1.70. The van der Waals surface area contributed by atoms with Crippen LogP contribution in [0.1, 0.15) is 24.2 Å². The van der Waals surface area contributed by atoms with Crippen LogP contribution in [0.25, 0.3) is 0 Å². The van der Waals surface area contributed by atoms with Gasteiger partial charge in [0.1, 0.15) is 0 Å². The van der Waals surface area contributed by atoms with Gasteiger partial charge in [-0.15, -0.1) is 0 Å². The first-order chi connectivity index (χ1) is 9.15. The zero-order valence-electron chi connectivity index (χ0n) is 10.9. The number of nitrogens with zero attached hydrogens (tertiary/aromatic N) is 2. The maximum Gasteiger partial charge on any atom is 0.229 e. The van der Waals surface area contributed by atoms with Crippen LogP contribution in [-0.4, -0.2) is 15.1 Å². The lowest BCUT2D eigenvalue weighted by Gasteiger charge is -2.16. The zero-order valence-corrected chi connectivity index (χ0v) is 11.7. The summed E-state index contributed by atoms with van der Waals surface area (Å²) in [5.74, 6) is 0.512. The van der Waals surface area contributed by atoms with Gasteiger partial charge in [0.25, 0.3) is 0 Å². The van der Waals surface area contributed by atoms with Gasteiger partial charge >= 0.3 is 0 Å². The average Bonchev–Trinajstić information content (AvgIpc) is 2.39. The quantitative estimate of drug-likeness (QED) is 0.841. The summed E-state index contributed by atoms with van der Waals surface area (Å²) in [5, 5.41) is 6.70. The van der Waals surface area contributed by atoms with Gasteiger partial charge in [0.2, 0.25) is 5.95 Å². The van der Waals surface area contributed by atoms with Crippen molar-refractivity contribution in [3.63, 3.8) is 0 Å². The molecule has 0 aliphatic rings. The van der Waals surface area contributed by atoms with E-state index in [0.29, 0.717) is 11.1 Å². The molecule has 19 heavy (non-hydrogen) atoms. The van der Waals surface area contributed by atoms with E-state index in [-0.39, 0.29) is 6.04 Å². The molecule has 1 aromatic carbocycles. The van der Waals surface area contributed by atoms with E-state index in [4.69, 9.17) is 12.2 Å². The van der Waals surface area contributed by atoms with Crippen LogP contribution in [0, 0.1) is 6.92 Å². The van der Waals surface area contributed by atoms with Gasteiger partial charge in [0, 0.05) is 11.9 Å². The molecule has 0 bridgehead atoms. The third kappa shape index (κ3) is 3.99. The second kappa shape index (κ2) is 6.24. The normalized spacial score (nSPS) is 11.7. The lowest BCUT2D eigenvalue weighted by molar-refractivity contribution is 0.722. The summed E-state index contributed by atoms with van der Waals surface area (Å²) in [6.45, 7) is 3.97. The van der Waals surface area contributed by atoms with E-state index in [1.54, 1.807) is 6.20 Å². The fourth-order valence-electron chi connectivity index (χ4n) is 1.67. The van der Waals surface area contributed by atoms with Gasteiger partial charge in [-0.1, -0.05) is 30.3 Å². The number of anilines is 1. The highest BCUT2D eigenvalue weighted by atomic mass is 32.1. The highest BCUT2D eigenvalue weighted by molar-refractivity contribution is 7.80. The van der Waals surface area contributed by atoms with Crippen LogP contribution in [-0.2, 0) is 0 Å². The van der Waals surface area contributed by atoms with Crippen molar-refractivity contribution in [2.45, 2.75) is 19.9 Å². The summed E-state index contributed by atoms with van der Waals surface area (Å²) in [5.41, 5.74) is 2.08. The van der Waals surface area contributed by atoms with Crippen LogP contribution in [0.15, 0.2) is 42.6 Å². The standard InChI is InChI=1S/C14H16N4S/c1-10-8-9-15-13(16-10)18-14(19)17-11(2)12-6-4-3-5-7-12/h3-9,11H,1-2H3,(H2,15,16,17,18,19)/t11-/m0/s1. The Morgan fingerprint density at radius 2 is 1.95 bits per heavy atom. The first kappa shape index (κ1) is 13.4. The third-order valence-electron chi connectivity index (χ3n) is 2.67. The van der Waals surface area contributed by atoms with Gasteiger partial charge in [-0.25, -0.2) is 9.97 Å².